The van der Waals surface area contributed by atoms with Crippen LogP contribution in [0.15, 0.2) is 42.5 Å². The number of nitrogens with one attached hydrogen (secondary N) is 3. The Morgan fingerprint density at radius 3 is 2.12 bits per heavy atom. The van der Waals surface area contributed by atoms with Crippen molar-refractivity contribution in [3.63, 3.8) is 0 Å². The molecule has 0 amide bonds. The van der Waals surface area contributed by atoms with Gasteiger partial charge in [-0.05, 0) is 95.8 Å². The highest BCUT2D eigenvalue weighted by molar-refractivity contribution is 5.57. The summed E-state index contributed by atoms with van der Waals surface area (Å²) in [5.74, 6) is 2.37. The van der Waals surface area contributed by atoms with Crippen molar-refractivity contribution < 1.29 is 19.3 Å². The smallest absolute Gasteiger partial charge is 0.130 e. The topological polar surface area (TPSA) is 110 Å². The van der Waals surface area contributed by atoms with Gasteiger partial charge in [0.15, 0.2) is 0 Å². The number of unbranched alkanes of at least 4 members (excludes halogenated alkanes) is 2. The Labute approximate surface area is 246 Å². The first-order chi connectivity index (χ1) is 20.2. The molecule has 1 aliphatic heterocycles. The summed E-state index contributed by atoms with van der Waals surface area (Å²) in [4.78, 5) is 0. The number of hydrogen-bond donors (Lipinski definition) is 5. The molecule has 5 atom stereocenters. The van der Waals surface area contributed by atoms with E-state index in [2.05, 4.69) is 47.1 Å². The maximum atomic E-state index is 11.2. The van der Waals surface area contributed by atoms with Crippen LogP contribution in [0.1, 0.15) is 68.4 Å². The highest BCUT2D eigenvalue weighted by Gasteiger charge is 2.55. The Kier molecular flexibility index (Phi) is 13.0. The van der Waals surface area contributed by atoms with Gasteiger partial charge in [0.25, 0.3) is 0 Å². The maximum absolute atomic E-state index is 11.2. The second kappa shape index (κ2) is 16.9. The molecule has 0 saturated heterocycles. The quantitative estimate of drug-likeness (QED) is 0.154. The fourth-order valence-corrected chi connectivity index (χ4v) is 6.29. The number of rotatable bonds is 20. The third-order valence-corrected chi connectivity index (χ3v) is 8.50. The molecule has 8 nitrogen and oxygen atoms in total. The second-order valence-electron chi connectivity index (χ2n) is 11.4. The van der Waals surface area contributed by atoms with E-state index in [0.29, 0.717) is 6.61 Å². The molecule has 1 aliphatic carbocycles. The molecule has 4 unspecified atom stereocenters. The number of aliphatic hydroxyl groups is 1. The van der Waals surface area contributed by atoms with Gasteiger partial charge < -0.3 is 41.0 Å². The van der Waals surface area contributed by atoms with E-state index in [1.165, 1.54) is 18.4 Å². The fraction of sp³-hybridized carbons (Fsp3) is 0.636. The summed E-state index contributed by atoms with van der Waals surface area (Å²) in [6.45, 7) is 9.81. The average molecular weight is 569 g/mol. The third kappa shape index (κ3) is 8.58. The Hall–Kier alpha value is -2.36. The summed E-state index contributed by atoms with van der Waals surface area (Å²) < 4.78 is 18.4. The summed E-state index contributed by atoms with van der Waals surface area (Å²) in [5.41, 5.74) is 7.67. The van der Waals surface area contributed by atoms with Gasteiger partial charge >= 0.3 is 0 Å². The molecule has 1 saturated carbocycles. The highest BCUT2D eigenvalue weighted by Crippen LogP contribution is 2.58. The lowest BCUT2D eigenvalue weighted by Gasteiger charge is -2.23. The monoisotopic (exact) mass is 568 g/mol. The maximum Gasteiger partial charge on any atom is 0.130 e. The van der Waals surface area contributed by atoms with E-state index in [-0.39, 0.29) is 23.9 Å². The van der Waals surface area contributed by atoms with Crippen LogP contribution in [0.25, 0.3) is 0 Å². The molecule has 2 aromatic rings. The van der Waals surface area contributed by atoms with Crippen LogP contribution in [0.2, 0.25) is 0 Å². The van der Waals surface area contributed by atoms with Crippen molar-refractivity contribution in [3.05, 3.63) is 53.6 Å². The molecular weight excluding hydrogens is 516 g/mol. The number of hydrogen-bond acceptors (Lipinski definition) is 8. The van der Waals surface area contributed by atoms with Crippen molar-refractivity contribution in [2.24, 2.45) is 11.7 Å². The number of fused-ring (bicyclic) bond motifs is 3. The normalized spacial score (nSPS) is 22.8. The van der Waals surface area contributed by atoms with Gasteiger partial charge in [-0.3, -0.25) is 0 Å². The van der Waals surface area contributed by atoms with Crippen LogP contribution in [-0.2, 0) is 0 Å². The van der Waals surface area contributed by atoms with E-state index >= 15 is 0 Å². The van der Waals surface area contributed by atoms with Crippen molar-refractivity contribution in [1.82, 2.24) is 16.0 Å². The lowest BCUT2D eigenvalue weighted by atomic mass is 9.88. The number of ether oxygens (including phenoxy) is 3. The summed E-state index contributed by atoms with van der Waals surface area (Å²) in [6.07, 6.45) is 6.05. The van der Waals surface area contributed by atoms with Gasteiger partial charge in [0.05, 0.1) is 25.7 Å². The molecule has 1 fully saturated rings. The molecule has 41 heavy (non-hydrogen) atoms. The first kappa shape index (κ1) is 31.6. The lowest BCUT2D eigenvalue weighted by Crippen LogP contribution is -2.24. The fourth-order valence-electron chi connectivity index (χ4n) is 6.29. The summed E-state index contributed by atoms with van der Waals surface area (Å²) >= 11 is 0. The van der Waals surface area contributed by atoms with E-state index in [4.69, 9.17) is 19.9 Å². The first-order valence-corrected chi connectivity index (χ1v) is 15.7. The first-order valence-electron chi connectivity index (χ1n) is 15.7. The molecule has 228 valence electrons. The molecular formula is C33H52N4O4. The van der Waals surface area contributed by atoms with Crippen LogP contribution in [0, 0.1) is 5.92 Å². The van der Waals surface area contributed by atoms with Crippen molar-refractivity contribution in [2.45, 2.75) is 69.5 Å². The van der Waals surface area contributed by atoms with Crippen molar-refractivity contribution in [1.29, 1.82) is 0 Å². The van der Waals surface area contributed by atoms with Crippen LogP contribution >= 0.6 is 0 Å². The van der Waals surface area contributed by atoms with Crippen molar-refractivity contribution >= 4 is 0 Å². The number of nitrogens with two attached hydrogens (primary N) is 1. The Bertz CT molecular complexity index is 1020. The van der Waals surface area contributed by atoms with Gasteiger partial charge in [-0.15, -0.1) is 0 Å². The van der Waals surface area contributed by atoms with E-state index in [0.717, 1.165) is 94.3 Å². The average Bonchev–Trinajstić information content (AvgIpc) is 3.48. The Morgan fingerprint density at radius 1 is 0.829 bits per heavy atom. The molecule has 0 spiro atoms. The summed E-state index contributed by atoms with van der Waals surface area (Å²) in [6, 6.07) is 14.3. The van der Waals surface area contributed by atoms with Gasteiger partial charge in [-0.25, -0.2) is 0 Å². The van der Waals surface area contributed by atoms with E-state index < -0.39 is 6.10 Å². The molecule has 0 radical (unpaired) electrons. The van der Waals surface area contributed by atoms with E-state index in [1.807, 2.05) is 18.2 Å². The van der Waals surface area contributed by atoms with Crippen LogP contribution in [-0.4, -0.2) is 76.8 Å². The zero-order valence-electron chi connectivity index (χ0n) is 25.1. The Morgan fingerprint density at radius 2 is 1.46 bits per heavy atom. The molecule has 4 rings (SSSR count). The minimum atomic E-state index is -0.491. The zero-order valence-corrected chi connectivity index (χ0v) is 25.1. The SMILES string of the molecule is COc1cc(OCCCCNCCCNCCCCNCCCN)cc2c1C1C(O)C(C)[C@@H](c3ccccc3)C1O2. The molecule has 0 aromatic heterocycles. The van der Waals surface area contributed by atoms with Gasteiger partial charge in [-0.2, -0.15) is 0 Å². The lowest BCUT2D eigenvalue weighted by molar-refractivity contribution is 0.116. The molecule has 8 heteroatoms. The van der Waals surface area contributed by atoms with Gasteiger partial charge in [0, 0.05) is 23.6 Å². The van der Waals surface area contributed by atoms with Crippen molar-refractivity contribution in [2.75, 3.05) is 59.5 Å². The molecule has 2 aromatic carbocycles. The van der Waals surface area contributed by atoms with E-state index in [9.17, 15) is 5.11 Å². The molecule has 6 N–H and O–H groups in total. The number of methoxy groups -OCH3 is 1. The van der Waals surface area contributed by atoms with Gasteiger partial charge in [-0.1, -0.05) is 37.3 Å². The largest absolute Gasteiger partial charge is 0.496 e. The predicted octanol–water partition coefficient (Wildman–Crippen LogP) is 3.78. The van der Waals surface area contributed by atoms with Crippen molar-refractivity contribution in [3.8, 4) is 17.2 Å². The van der Waals surface area contributed by atoms with Gasteiger partial charge in [0.1, 0.15) is 23.4 Å². The van der Waals surface area contributed by atoms with Crippen LogP contribution in [0.3, 0.4) is 0 Å². The Balaban J connectivity index is 1.12. The van der Waals surface area contributed by atoms with Gasteiger partial charge in [0.2, 0.25) is 0 Å². The minimum Gasteiger partial charge on any atom is -0.496 e. The number of aliphatic hydroxyl groups excluding tert-OH is 1. The predicted molar refractivity (Wildman–Crippen MR) is 165 cm³/mol. The van der Waals surface area contributed by atoms with Crippen LogP contribution < -0.4 is 35.9 Å². The summed E-state index contributed by atoms with van der Waals surface area (Å²) in [5, 5.41) is 21.7. The molecule has 1 heterocycles. The van der Waals surface area contributed by atoms with Crippen LogP contribution in [0.4, 0.5) is 0 Å². The molecule has 0 bridgehead atoms. The van der Waals surface area contributed by atoms with E-state index in [1.54, 1.807) is 7.11 Å². The second-order valence-corrected chi connectivity index (χ2v) is 11.4. The number of benzene rings is 2. The zero-order chi connectivity index (χ0) is 28.9. The highest BCUT2D eigenvalue weighted by atomic mass is 16.5. The van der Waals surface area contributed by atoms with Crippen LogP contribution in [0.5, 0.6) is 17.2 Å². The summed E-state index contributed by atoms with van der Waals surface area (Å²) in [7, 11) is 1.68. The minimum absolute atomic E-state index is 0.0931. The standard InChI is InChI=1S/C33H52N4O4/c1-24-29(25-12-4-3-5-13-25)33-31(32(24)38)30-27(39-2)22-26(23-28(30)41-33)40-21-9-8-17-37-20-11-19-36-16-7-6-15-35-18-10-14-34/h3-5,12-13,22-24,29,31-33,35-38H,6-11,14-21,34H2,1-2H3/t24?,29-,31?,32?,33?/m0/s1. The third-order valence-electron chi connectivity index (χ3n) is 8.50. The molecule has 2 aliphatic rings.